The zero-order chi connectivity index (χ0) is 17.4. The fourth-order valence-electron chi connectivity index (χ4n) is 2.55. The van der Waals surface area contributed by atoms with E-state index in [2.05, 4.69) is 0 Å². The molecule has 1 aliphatic heterocycles. The SMILES string of the molecule is CCN1Cc2c(sc(CCl)c2C(F)(F)F)N(CCC(F)(F)F)C1. The number of hydrogen-bond acceptors (Lipinski definition) is 3. The number of nitrogens with zero attached hydrogens (tertiary/aromatic N) is 2. The van der Waals surface area contributed by atoms with Gasteiger partial charge in [-0.3, -0.25) is 4.90 Å². The van der Waals surface area contributed by atoms with Crippen molar-refractivity contribution in [3.05, 3.63) is 16.0 Å². The Morgan fingerprint density at radius 1 is 1.17 bits per heavy atom. The van der Waals surface area contributed by atoms with Crippen molar-refractivity contribution in [1.82, 2.24) is 4.90 Å². The fourth-order valence-corrected chi connectivity index (χ4v) is 4.05. The highest BCUT2D eigenvalue weighted by molar-refractivity contribution is 7.16. The number of fused-ring (bicyclic) bond motifs is 1. The van der Waals surface area contributed by atoms with E-state index in [4.69, 9.17) is 11.6 Å². The summed E-state index contributed by atoms with van der Waals surface area (Å²) in [6.07, 6.45) is -9.99. The summed E-state index contributed by atoms with van der Waals surface area (Å²) in [6.45, 7) is 2.09. The van der Waals surface area contributed by atoms with Gasteiger partial charge in [0.1, 0.15) is 0 Å². The smallest absolute Gasteiger partial charge is 0.350 e. The largest absolute Gasteiger partial charge is 0.417 e. The lowest BCUT2D eigenvalue weighted by molar-refractivity contribution is -0.139. The van der Waals surface area contributed by atoms with E-state index in [1.54, 1.807) is 11.8 Å². The summed E-state index contributed by atoms with van der Waals surface area (Å²) < 4.78 is 77.4. The molecular formula is C13H15ClF6N2S. The lowest BCUT2D eigenvalue weighted by atomic mass is 10.1. The highest BCUT2D eigenvalue weighted by Gasteiger charge is 2.42. The maximum atomic E-state index is 13.3. The van der Waals surface area contributed by atoms with Crippen LogP contribution in [-0.2, 0) is 18.6 Å². The molecule has 0 atom stereocenters. The van der Waals surface area contributed by atoms with Gasteiger partial charge in [-0.05, 0) is 6.54 Å². The molecule has 2 rings (SSSR count). The molecule has 0 bridgehead atoms. The zero-order valence-corrected chi connectivity index (χ0v) is 13.8. The summed E-state index contributed by atoms with van der Waals surface area (Å²) in [4.78, 5) is 3.00. The van der Waals surface area contributed by atoms with Crippen LogP contribution in [0.1, 0.15) is 29.3 Å². The molecule has 1 aliphatic rings. The summed E-state index contributed by atoms with van der Waals surface area (Å²) >= 11 is 6.46. The van der Waals surface area contributed by atoms with Gasteiger partial charge in [0.15, 0.2) is 0 Å². The van der Waals surface area contributed by atoms with E-state index in [0.29, 0.717) is 6.54 Å². The third kappa shape index (κ3) is 4.24. The second-order valence-electron chi connectivity index (χ2n) is 5.23. The molecule has 23 heavy (non-hydrogen) atoms. The molecule has 132 valence electrons. The molecule has 2 heterocycles. The van der Waals surface area contributed by atoms with Crippen molar-refractivity contribution in [3.63, 3.8) is 0 Å². The number of anilines is 1. The van der Waals surface area contributed by atoms with Crippen LogP contribution in [0.15, 0.2) is 0 Å². The first kappa shape index (κ1) is 18.7. The van der Waals surface area contributed by atoms with Gasteiger partial charge in [-0.2, -0.15) is 26.3 Å². The van der Waals surface area contributed by atoms with Crippen molar-refractivity contribution >= 4 is 27.9 Å². The number of rotatable bonds is 4. The molecule has 0 radical (unpaired) electrons. The van der Waals surface area contributed by atoms with E-state index < -0.39 is 24.3 Å². The highest BCUT2D eigenvalue weighted by Crippen LogP contribution is 2.47. The number of hydrogen-bond donors (Lipinski definition) is 0. The van der Waals surface area contributed by atoms with Crippen LogP contribution < -0.4 is 4.90 Å². The number of thiophene rings is 1. The molecule has 0 unspecified atom stereocenters. The van der Waals surface area contributed by atoms with Crippen LogP contribution in [0.3, 0.4) is 0 Å². The van der Waals surface area contributed by atoms with Crippen LogP contribution in [0.2, 0.25) is 0 Å². The normalized spacial score (nSPS) is 16.8. The minimum absolute atomic E-state index is 0.0356. The van der Waals surface area contributed by atoms with Crippen LogP contribution in [-0.4, -0.2) is 30.8 Å². The fraction of sp³-hybridized carbons (Fsp3) is 0.692. The first-order valence-corrected chi connectivity index (χ1v) is 8.23. The Bertz CT molecular complexity index is 554. The summed E-state index contributed by atoms with van der Waals surface area (Å²) in [5.74, 6) is -0.314. The lowest BCUT2D eigenvalue weighted by Crippen LogP contribution is -2.43. The molecule has 0 saturated heterocycles. The molecule has 0 N–H and O–H groups in total. The van der Waals surface area contributed by atoms with Crippen LogP contribution in [0.25, 0.3) is 0 Å². The lowest BCUT2D eigenvalue weighted by Gasteiger charge is -2.36. The topological polar surface area (TPSA) is 6.48 Å². The van der Waals surface area contributed by atoms with Gasteiger partial charge in [-0.25, -0.2) is 0 Å². The van der Waals surface area contributed by atoms with Crippen LogP contribution >= 0.6 is 22.9 Å². The Balaban J connectivity index is 2.42. The Labute approximate surface area is 138 Å². The number of halogens is 7. The van der Waals surface area contributed by atoms with Crippen LogP contribution in [0.4, 0.5) is 31.3 Å². The average Bonchev–Trinajstić information content (AvgIpc) is 2.81. The van der Waals surface area contributed by atoms with E-state index in [1.807, 2.05) is 0 Å². The maximum Gasteiger partial charge on any atom is 0.417 e. The Morgan fingerprint density at radius 2 is 1.83 bits per heavy atom. The van der Waals surface area contributed by atoms with Gasteiger partial charge in [0, 0.05) is 23.5 Å². The van der Waals surface area contributed by atoms with Gasteiger partial charge in [0.2, 0.25) is 0 Å². The second-order valence-corrected chi connectivity index (χ2v) is 6.58. The Kier molecular flexibility index (Phi) is 5.42. The van der Waals surface area contributed by atoms with Crippen molar-refractivity contribution in [2.75, 3.05) is 24.7 Å². The van der Waals surface area contributed by atoms with Crippen molar-refractivity contribution in [2.24, 2.45) is 0 Å². The summed E-state index contributed by atoms with van der Waals surface area (Å²) in [7, 11) is 0. The first-order chi connectivity index (χ1) is 10.6. The minimum Gasteiger partial charge on any atom is -0.350 e. The second kappa shape index (κ2) is 6.68. The van der Waals surface area contributed by atoms with E-state index in [9.17, 15) is 26.3 Å². The van der Waals surface area contributed by atoms with Crippen LogP contribution in [0.5, 0.6) is 0 Å². The average molecular weight is 381 g/mol. The van der Waals surface area contributed by atoms with Gasteiger partial charge in [0.05, 0.1) is 29.5 Å². The predicted octanol–water partition coefficient (Wildman–Crippen LogP) is 5.06. The Hall–Kier alpha value is -0.670. The molecule has 1 aromatic rings. The molecular weight excluding hydrogens is 366 g/mol. The molecule has 0 spiro atoms. The third-order valence-corrected chi connectivity index (χ3v) is 5.33. The third-order valence-electron chi connectivity index (χ3n) is 3.62. The molecule has 1 aromatic heterocycles. The van der Waals surface area contributed by atoms with E-state index in [0.717, 1.165) is 11.3 Å². The summed E-state index contributed by atoms with van der Waals surface area (Å²) in [5, 5.41) is 0.252. The van der Waals surface area contributed by atoms with Gasteiger partial charge in [0.25, 0.3) is 0 Å². The summed E-state index contributed by atoms with van der Waals surface area (Å²) in [6, 6.07) is 0. The standard InChI is InChI=1S/C13H15ClF6N2S/c1-2-21-6-8-10(13(18,19)20)9(5-14)23-11(8)22(7-21)4-3-12(15,16)17/h2-7H2,1H3. The van der Waals surface area contributed by atoms with Gasteiger partial charge in [-0.15, -0.1) is 22.9 Å². The van der Waals surface area contributed by atoms with Gasteiger partial charge in [-0.1, -0.05) is 6.92 Å². The monoisotopic (exact) mass is 380 g/mol. The van der Waals surface area contributed by atoms with Gasteiger partial charge < -0.3 is 4.90 Å². The highest BCUT2D eigenvalue weighted by atomic mass is 35.5. The molecule has 0 aromatic carbocycles. The molecule has 0 saturated carbocycles. The molecule has 10 heteroatoms. The van der Waals surface area contributed by atoms with Crippen molar-refractivity contribution in [1.29, 1.82) is 0 Å². The molecule has 2 nitrogen and oxygen atoms in total. The van der Waals surface area contributed by atoms with Crippen molar-refractivity contribution in [2.45, 2.75) is 38.1 Å². The Morgan fingerprint density at radius 3 is 2.30 bits per heavy atom. The maximum absolute atomic E-state index is 13.3. The molecule has 0 amide bonds. The molecule has 0 fully saturated rings. The minimum atomic E-state index is -4.57. The summed E-state index contributed by atoms with van der Waals surface area (Å²) in [5.41, 5.74) is -0.754. The zero-order valence-electron chi connectivity index (χ0n) is 12.2. The van der Waals surface area contributed by atoms with Crippen molar-refractivity contribution < 1.29 is 26.3 Å². The molecule has 0 aliphatic carbocycles. The van der Waals surface area contributed by atoms with E-state index in [1.165, 1.54) is 4.90 Å². The van der Waals surface area contributed by atoms with Crippen molar-refractivity contribution in [3.8, 4) is 0 Å². The predicted molar refractivity (Wildman–Crippen MR) is 77.8 cm³/mol. The quantitative estimate of drug-likeness (QED) is 0.532. The van der Waals surface area contributed by atoms with Crippen LogP contribution in [0, 0.1) is 0 Å². The number of alkyl halides is 7. The first-order valence-electron chi connectivity index (χ1n) is 6.88. The van der Waals surface area contributed by atoms with E-state index >= 15 is 0 Å². The van der Waals surface area contributed by atoms with Gasteiger partial charge >= 0.3 is 12.4 Å². The van der Waals surface area contributed by atoms with E-state index in [-0.39, 0.29) is 41.1 Å².